The minimum absolute atomic E-state index is 0.185. The van der Waals surface area contributed by atoms with Gasteiger partial charge in [-0.2, -0.15) is 5.10 Å². The van der Waals surface area contributed by atoms with Crippen LogP contribution in [-0.2, 0) is 10.0 Å². The Bertz CT molecular complexity index is 723. The second-order valence-corrected chi connectivity index (χ2v) is 5.47. The SMILES string of the molecule is Cc1cn[nH]c1NS(=O)(=O)c1cccc([N+](=O)[O-])c1. The fourth-order valence-electron chi connectivity index (χ4n) is 1.41. The molecule has 0 amide bonds. The van der Waals surface area contributed by atoms with E-state index in [0.29, 0.717) is 5.56 Å². The molecule has 0 bridgehead atoms. The van der Waals surface area contributed by atoms with E-state index in [-0.39, 0.29) is 16.4 Å². The molecule has 2 N–H and O–H groups in total. The van der Waals surface area contributed by atoms with Crippen LogP contribution in [0.15, 0.2) is 35.4 Å². The maximum atomic E-state index is 12.0. The lowest BCUT2D eigenvalue weighted by Crippen LogP contribution is -2.14. The van der Waals surface area contributed by atoms with Crippen LogP contribution in [0.5, 0.6) is 0 Å². The van der Waals surface area contributed by atoms with Gasteiger partial charge < -0.3 is 0 Å². The standard InChI is InChI=1S/C10H10N4O4S/c1-7-6-11-12-10(7)13-19(17,18)9-4-2-3-8(5-9)14(15)16/h2-6H,1H3,(H2,11,12,13). The number of nitrogens with zero attached hydrogens (tertiary/aromatic N) is 2. The number of hydrogen-bond acceptors (Lipinski definition) is 5. The minimum Gasteiger partial charge on any atom is -0.264 e. The van der Waals surface area contributed by atoms with Gasteiger partial charge in [-0.3, -0.25) is 19.9 Å². The van der Waals surface area contributed by atoms with Gasteiger partial charge in [0.2, 0.25) is 0 Å². The van der Waals surface area contributed by atoms with E-state index in [9.17, 15) is 18.5 Å². The average Bonchev–Trinajstić information content (AvgIpc) is 2.74. The number of nitro benzene ring substituents is 1. The first kappa shape index (κ1) is 13.0. The van der Waals surface area contributed by atoms with Crippen molar-refractivity contribution >= 4 is 21.5 Å². The van der Waals surface area contributed by atoms with Crippen molar-refractivity contribution < 1.29 is 13.3 Å². The summed E-state index contributed by atoms with van der Waals surface area (Å²) in [5, 5.41) is 16.8. The van der Waals surface area contributed by atoms with Gasteiger partial charge in [0.25, 0.3) is 15.7 Å². The molecule has 2 aromatic rings. The Morgan fingerprint density at radius 2 is 2.16 bits per heavy atom. The zero-order chi connectivity index (χ0) is 14.0. The summed E-state index contributed by atoms with van der Waals surface area (Å²) in [4.78, 5) is 9.79. The molecule has 0 saturated heterocycles. The van der Waals surface area contributed by atoms with E-state index in [1.54, 1.807) is 6.92 Å². The molecule has 0 spiro atoms. The van der Waals surface area contributed by atoms with Gasteiger partial charge in [-0.25, -0.2) is 8.42 Å². The minimum atomic E-state index is -3.89. The average molecular weight is 282 g/mol. The molecule has 2 rings (SSSR count). The van der Waals surface area contributed by atoms with Gasteiger partial charge >= 0.3 is 0 Å². The molecule has 19 heavy (non-hydrogen) atoms. The Hall–Kier alpha value is -2.42. The van der Waals surface area contributed by atoms with Crippen molar-refractivity contribution in [2.45, 2.75) is 11.8 Å². The molecule has 0 unspecified atom stereocenters. The van der Waals surface area contributed by atoms with Crippen LogP contribution in [0.3, 0.4) is 0 Å². The monoisotopic (exact) mass is 282 g/mol. The first-order chi connectivity index (χ1) is 8.90. The normalized spacial score (nSPS) is 11.2. The van der Waals surface area contributed by atoms with Crippen molar-refractivity contribution in [1.82, 2.24) is 10.2 Å². The number of anilines is 1. The van der Waals surface area contributed by atoms with E-state index >= 15 is 0 Å². The quantitative estimate of drug-likeness (QED) is 0.649. The van der Waals surface area contributed by atoms with Crippen LogP contribution in [0.1, 0.15) is 5.56 Å². The molecule has 100 valence electrons. The number of nitro groups is 1. The van der Waals surface area contributed by atoms with Gasteiger partial charge in [-0.05, 0) is 13.0 Å². The van der Waals surface area contributed by atoms with Gasteiger partial charge in [0.15, 0.2) is 0 Å². The smallest absolute Gasteiger partial charge is 0.264 e. The molecule has 8 nitrogen and oxygen atoms in total. The zero-order valence-electron chi connectivity index (χ0n) is 9.82. The zero-order valence-corrected chi connectivity index (χ0v) is 10.6. The summed E-state index contributed by atoms with van der Waals surface area (Å²) in [5.41, 5.74) is 0.332. The fraction of sp³-hybridized carbons (Fsp3) is 0.100. The van der Waals surface area contributed by atoms with Crippen LogP contribution in [0.4, 0.5) is 11.5 Å². The highest BCUT2D eigenvalue weighted by Crippen LogP contribution is 2.20. The van der Waals surface area contributed by atoms with Crippen LogP contribution in [0.2, 0.25) is 0 Å². The lowest BCUT2D eigenvalue weighted by atomic mass is 10.3. The first-order valence-corrected chi connectivity index (χ1v) is 6.66. The largest absolute Gasteiger partial charge is 0.270 e. The number of non-ortho nitro benzene ring substituents is 1. The van der Waals surface area contributed by atoms with Crippen molar-refractivity contribution in [3.63, 3.8) is 0 Å². The highest BCUT2D eigenvalue weighted by molar-refractivity contribution is 7.92. The van der Waals surface area contributed by atoms with Crippen LogP contribution < -0.4 is 4.72 Å². The summed E-state index contributed by atoms with van der Waals surface area (Å²) in [6.45, 7) is 1.68. The van der Waals surface area contributed by atoms with Crippen LogP contribution in [0.25, 0.3) is 0 Å². The predicted octanol–water partition coefficient (Wildman–Crippen LogP) is 1.43. The van der Waals surface area contributed by atoms with E-state index in [1.165, 1.54) is 24.4 Å². The molecular weight excluding hydrogens is 272 g/mol. The number of H-pyrrole nitrogens is 1. The van der Waals surface area contributed by atoms with Gasteiger partial charge in [0.1, 0.15) is 5.82 Å². The molecule has 1 aromatic carbocycles. The second kappa shape index (κ2) is 4.69. The van der Waals surface area contributed by atoms with E-state index in [2.05, 4.69) is 14.9 Å². The summed E-state index contributed by atoms with van der Waals surface area (Å²) in [6, 6.07) is 4.81. The number of aromatic amines is 1. The Kier molecular flexibility index (Phi) is 3.21. The molecular formula is C10H10N4O4S. The van der Waals surface area contributed by atoms with Crippen LogP contribution in [-0.4, -0.2) is 23.5 Å². The number of sulfonamides is 1. The van der Waals surface area contributed by atoms with Gasteiger partial charge in [-0.1, -0.05) is 6.07 Å². The molecule has 0 radical (unpaired) electrons. The van der Waals surface area contributed by atoms with Crippen LogP contribution in [0, 0.1) is 17.0 Å². The van der Waals surface area contributed by atoms with E-state index in [0.717, 1.165) is 6.07 Å². The fourth-order valence-corrected chi connectivity index (χ4v) is 2.53. The van der Waals surface area contributed by atoms with Gasteiger partial charge in [0.05, 0.1) is 16.0 Å². The van der Waals surface area contributed by atoms with Crippen molar-refractivity contribution in [1.29, 1.82) is 0 Å². The highest BCUT2D eigenvalue weighted by atomic mass is 32.2. The van der Waals surface area contributed by atoms with Crippen molar-refractivity contribution in [3.8, 4) is 0 Å². The lowest BCUT2D eigenvalue weighted by molar-refractivity contribution is -0.385. The van der Waals surface area contributed by atoms with Gasteiger partial charge in [0, 0.05) is 17.7 Å². The third-order valence-corrected chi connectivity index (χ3v) is 3.75. The summed E-state index contributed by atoms with van der Waals surface area (Å²) in [6.07, 6.45) is 1.46. The highest BCUT2D eigenvalue weighted by Gasteiger charge is 2.19. The molecule has 9 heteroatoms. The van der Waals surface area contributed by atoms with Crippen molar-refractivity contribution in [2.75, 3.05) is 4.72 Å². The van der Waals surface area contributed by atoms with E-state index in [4.69, 9.17) is 0 Å². The van der Waals surface area contributed by atoms with Gasteiger partial charge in [-0.15, -0.1) is 0 Å². The summed E-state index contributed by atoms with van der Waals surface area (Å²) in [7, 11) is -3.89. The number of aromatic nitrogens is 2. The Morgan fingerprint density at radius 1 is 1.42 bits per heavy atom. The summed E-state index contributed by atoms with van der Waals surface area (Å²) >= 11 is 0. The number of nitrogens with one attached hydrogen (secondary N) is 2. The van der Waals surface area contributed by atoms with Crippen molar-refractivity contribution in [3.05, 3.63) is 46.1 Å². The molecule has 0 fully saturated rings. The molecule has 0 aliphatic carbocycles. The first-order valence-electron chi connectivity index (χ1n) is 5.17. The lowest BCUT2D eigenvalue weighted by Gasteiger charge is -2.06. The molecule has 0 aliphatic rings. The third kappa shape index (κ3) is 2.71. The second-order valence-electron chi connectivity index (χ2n) is 3.79. The number of rotatable bonds is 4. The Labute approximate surface area is 108 Å². The van der Waals surface area contributed by atoms with E-state index in [1.807, 2.05) is 0 Å². The number of benzene rings is 1. The van der Waals surface area contributed by atoms with Crippen molar-refractivity contribution in [2.24, 2.45) is 0 Å². The number of hydrogen-bond donors (Lipinski definition) is 2. The molecule has 0 saturated carbocycles. The summed E-state index contributed by atoms with van der Waals surface area (Å²) in [5.74, 6) is 0.228. The maximum absolute atomic E-state index is 12.0. The molecule has 0 atom stereocenters. The topological polar surface area (TPSA) is 118 Å². The summed E-state index contributed by atoms with van der Waals surface area (Å²) < 4.78 is 26.4. The number of aryl methyl sites for hydroxylation is 1. The van der Waals surface area contributed by atoms with Crippen LogP contribution >= 0.6 is 0 Å². The Morgan fingerprint density at radius 3 is 2.74 bits per heavy atom. The third-order valence-electron chi connectivity index (χ3n) is 2.40. The maximum Gasteiger partial charge on any atom is 0.270 e. The Balaban J connectivity index is 2.37. The molecule has 0 aliphatic heterocycles. The predicted molar refractivity (Wildman–Crippen MR) is 67.2 cm³/mol. The molecule has 1 heterocycles. The molecule has 1 aromatic heterocycles. The van der Waals surface area contributed by atoms with E-state index < -0.39 is 14.9 Å².